The van der Waals surface area contributed by atoms with Gasteiger partial charge in [-0.2, -0.15) is 0 Å². The Hall–Kier alpha value is -2.24. The normalized spacial score (nSPS) is 13.8. The van der Waals surface area contributed by atoms with Crippen molar-refractivity contribution in [2.75, 3.05) is 6.61 Å². The first kappa shape index (κ1) is 22.1. The van der Waals surface area contributed by atoms with Gasteiger partial charge in [0.05, 0.1) is 0 Å². The monoisotopic (exact) mass is 422 g/mol. The van der Waals surface area contributed by atoms with E-state index >= 15 is 0 Å². The summed E-state index contributed by atoms with van der Waals surface area (Å²) in [5, 5.41) is 4.36. The standard InChI is InChI=1S/C13H16ClNO.C8H8ClNO2/c14-11-8-6-10(7-9-11)13(16)15-12-4-2-1-3-5-12;9-6-1-3-7(4-2-6)12-5-8(10)11/h6-9,12H,1-5H2,(H,15,16);1-4H,5H2,(H2,10,11). The molecule has 2 amide bonds. The van der Waals surface area contributed by atoms with Crippen LogP contribution in [0.1, 0.15) is 42.5 Å². The predicted molar refractivity (Wildman–Crippen MR) is 112 cm³/mol. The molecule has 1 fully saturated rings. The van der Waals surface area contributed by atoms with E-state index in [0.717, 1.165) is 12.8 Å². The van der Waals surface area contributed by atoms with E-state index in [2.05, 4.69) is 5.32 Å². The van der Waals surface area contributed by atoms with Crippen LogP contribution in [0.5, 0.6) is 5.75 Å². The molecule has 1 aliphatic carbocycles. The maximum atomic E-state index is 11.9. The van der Waals surface area contributed by atoms with Gasteiger partial charge >= 0.3 is 0 Å². The van der Waals surface area contributed by atoms with Gasteiger partial charge in [0, 0.05) is 21.7 Å². The molecule has 0 aromatic heterocycles. The third-order valence-electron chi connectivity index (χ3n) is 4.24. The molecule has 28 heavy (non-hydrogen) atoms. The van der Waals surface area contributed by atoms with Gasteiger partial charge in [0.25, 0.3) is 11.8 Å². The third kappa shape index (κ3) is 8.19. The number of rotatable bonds is 5. The van der Waals surface area contributed by atoms with E-state index in [1.54, 1.807) is 48.5 Å². The number of nitrogens with one attached hydrogen (secondary N) is 1. The molecule has 0 heterocycles. The van der Waals surface area contributed by atoms with Gasteiger partial charge in [0.1, 0.15) is 5.75 Å². The summed E-state index contributed by atoms with van der Waals surface area (Å²) in [6.07, 6.45) is 5.98. The number of amides is 2. The minimum atomic E-state index is -0.495. The minimum Gasteiger partial charge on any atom is -0.484 e. The predicted octanol–water partition coefficient (Wildman–Crippen LogP) is 4.61. The zero-order valence-electron chi connectivity index (χ0n) is 15.5. The molecule has 2 aromatic rings. The van der Waals surface area contributed by atoms with Gasteiger partial charge in [-0.15, -0.1) is 0 Å². The largest absolute Gasteiger partial charge is 0.484 e. The highest BCUT2D eigenvalue weighted by Gasteiger charge is 2.16. The fraction of sp³-hybridized carbons (Fsp3) is 0.333. The van der Waals surface area contributed by atoms with Crippen LogP contribution < -0.4 is 15.8 Å². The lowest BCUT2D eigenvalue weighted by Crippen LogP contribution is -2.36. The molecular formula is C21H24Cl2N2O3. The zero-order chi connectivity index (χ0) is 20.4. The van der Waals surface area contributed by atoms with Gasteiger partial charge in [-0.05, 0) is 61.4 Å². The van der Waals surface area contributed by atoms with Gasteiger partial charge in [-0.1, -0.05) is 42.5 Å². The summed E-state index contributed by atoms with van der Waals surface area (Å²) in [6, 6.07) is 14.1. The second-order valence-electron chi connectivity index (χ2n) is 6.52. The molecule has 1 saturated carbocycles. The quantitative estimate of drug-likeness (QED) is 0.737. The first-order chi connectivity index (χ1) is 13.4. The van der Waals surface area contributed by atoms with E-state index in [1.165, 1.54) is 19.3 Å². The summed E-state index contributed by atoms with van der Waals surface area (Å²) < 4.78 is 4.99. The maximum absolute atomic E-state index is 11.9. The van der Waals surface area contributed by atoms with Crippen molar-refractivity contribution in [3.8, 4) is 5.75 Å². The van der Waals surface area contributed by atoms with Crippen LogP contribution in [0.4, 0.5) is 0 Å². The summed E-state index contributed by atoms with van der Waals surface area (Å²) in [5.41, 5.74) is 5.57. The van der Waals surface area contributed by atoms with Gasteiger partial charge in [-0.25, -0.2) is 0 Å². The molecule has 3 rings (SSSR count). The molecule has 0 bridgehead atoms. The van der Waals surface area contributed by atoms with Crippen LogP contribution in [0.2, 0.25) is 10.0 Å². The lowest BCUT2D eigenvalue weighted by Gasteiger charge is -2.22. The Labute approximate surface area is 175 Å². The molecule has 1 aliphatic rings. The first-order valence-corrected chi connectivity index (χ1v) is 9.93. The van der Waals surface area contributed by atoms with E-state index in [1.807, 2.05) is 0 Å². The molecule has 3 N–H and O–H groups in total. The summed E-state index contributed by atoms with van der Waals surface area (Å²) in [6.45, 7) is -0.109. The SMILES string of the molecule is NC(=O)COc1ccc(Cl)cc1.O=C(NC1CCCCC1)c1ccc(Cl)cc1. The number of nitrogens with two attached hydrogens (primary N) is 1. The van der Waals surface area contributed by atoms with Crippen molar-refractivity contribution < 1.29 is 14.3 Å². The van der Waals surface area contributed by atoms with E-state index < -0.39 is 5.91 Å². The fourth-order valence-corrected chi connectivity index (χ4v) is 3.05. The molecule has 0 unspecified atom stereocenters. The molecule has 7 heteroatoms. The molecule has 0 radical (unpaired) electrons. The summed E-state index contributed by atoms with van der Waals surface area (Å²) in [4.78, 5) is 22.2. The van der Waals surface area contributed by atoms with Crippen molar-refractivity contribution in [2.45, 2.75) is 38.1 Å². The molecule has 2 aromatic carbocycles. The topological polar surface area (TPSA) is 81.4 Å². The Morgan fingerprint density at radius 1 is 0.929 bits per heavy atom. The number of halogens is 2. The van der Waals surface area contributed by atoms with Gasteiger partial charge in [0.15, 0.2) is 6.61 Å². The van der Waals surface area contributed by atoms with E-state index in [0.29, 0.717) is 27.4 Å². The van der Waals surface area contributed by atoms with Crippen LogP contribution in [0.3, 0.4) is 0 Å². The van der Waals surface area contributed by atoms with Crippen molar-refractivity contribution in [1.82, 2.24) is 5.32 Å². The highest BCUT2D eigenvalue weighted by molar-refractivity contribution is 6.30. The number of primary amides is 1. The summed E-state index contributed by atoms with van der Waals surface area (Å²) in [5.74, 6) is 0.103. The first-order valence-electron chi connectivity index (χ1n) is 9.17. The average molecular weight is 423 g/mol. The lowest BCUT2D eigenvalue weighted by atomic mass is 9.95. The van der Waals surface area contributed by atoms with Gasteiger partial charge < -0.3 is 15.8 Å². The van der Waals surface area contributed by atoms with Crippen LogP contribution in [0.25, 0.3) is 0 Å². The molecule has 150 valence electrons. The second-order valence-corrected chi connectivity index (χ2v) is 7.40. The van der Waals surface area contributed by atoms with Crippen LogP contribution in [0.15, 0.2) is 48.5 Å². The average Bonchev–Trinajstić information content (AvgIpc) is 2.69. The molecule has 0 atom stereocenters. The zero-order valence-corrected chi connectivity index (χ0v) is 17.0. The van der Waals surface area contributed by atoms with E-state index in [9.17, 15) is 9.59 Å². The molecule has 0 spiro atoms. The van der Waals surface area contributed by atoms with Gasteiger partial charge in [0.2, 0.25) is 0 Å². The minimum absolute atomic E-state index is 0.0172. The molecule has 0 saturated heterocycles. The van der Waals surface area contributed by atoms with E-state index in [-0.39, 0.29) is 12.5 Å². The Balaban J connectivity index is 0.000000209. The van der Waals surface area contributed by atoms with Crippen LogP contribution in [-0.4, -0.2) is 24.5 Å². The van der Waals surface area contributed by atoms with Crippen LogP contribution in [-0.2, 0) is 4.79 Å². The molecular weight excluding hydrogens is 399 g/mol. The smallest absolute Gasteiger partial charge is 0.255 e. The van der Waals surface area contributed by atoms with Gasteiger partial charge in [-0.3, -0.25) is 9.59 Å². The lowest BCUT2D eigenvalue weighted by molar-refractivity contribution is -0.119. The Morgan fingerprint density at radius 3 is 2.00 bits per heavy atom. The Morgan fingerprint density at radius 2 is 1.46 bits per heavy atom. The highest BCUT2D eigenvalue weighted by atomic mass is 35.5. The maximum Gasteiger partial charge on any atom is 0.255 e. The van der Waals surface area contributed by atoms with Crippen LogP contribution in [0, 0.1) is 0 Å². The van der Waals surface area contributed by atoms with Crippen molar-refractivity contribution >= 4 is 35.0 Å². The highest BCUT2D eigenvalue weighted by Crippen LogP contribution is 2.18. The van der Waals surface area contributed by atoms with Crippen molar-refractivity contribution in [1.29, 1.82) is 0 Å². The summed E-state index contributed by atoms with van der Waals surface area (Å²) >= 11 is 11.4. The summed E-state index contributed by atoms with van der Waals surface area (Å²) in [7, 11) is 0. The van der Waals surface area contributed by atoms with Crippen LogP contribution >= 0.6 is 23.2 Å². The molecule has 0 aliphatic heterocycles. The second kappa shape index (κ2) is 11.6. The number of carbonyl (C=O) groups excluding carboxylic acids is 2. The Bertz CT molecular complexity index is 758. The number of benzene rings is 2. The number of ether oxygens (including phenoxy) is 1. The van der Waals surface area contributed by atoms with Crippen molar-refractivity contribution in [3.05, 3.63) is 64.1 Å². The number of hydrogen-bond donors (Lipinski definition) is 2. The van der Waals surface area contributed by atoms with Crippen molar-refractivity contribution in [3.63, 3.8) is 0 Å². The molecule has 5 nitrogen and oxygen atoms in total. The third-order valence-corrected chi connectivity index (χ3v) is 4.75. The Kier molecular flexibility index (Phi) is 9.11. The van der Waals surface area contributed by atoms with E-state index in [4.69, 9.17) is 33.7 Å². The van der Waals surface area contributed by atoms with Crippen molar-refractivity contribution in [2.24, 2.45) is 5.73 Å². The number of hydrogen-bond acceptors (Lipinski definition) is 3. The fourth-order valence-electron chi connectivity index (χ4n) is 2.80. The number of carbonyl (C=O) groups is 2.